The van der Waals surface area contributed by atoms with Gasteiger partial charge in [-0.25, -0.2) is 4.98 Å². The van der Waals surface area contributed by atoms with Gasteiger partial charge in [-0.15, -0.1) is 17.9 Å². The van der Waals surface area contributed by atoms with Gasteiger partial charge < -0.3 is 10.1 Å². The number of hydrogen-bond acceptors (Lipinski definition) is 4. The van der Waals surface area contributed by atoms with E-state index in [9.17, 15) is 4.79 Å². The van der Waals surface area contributed by atoms with Crippen LogP contribution in [0.3, 0.4) is 0 Å². The lowest BCUT2D eigenvalue weighted by molar-refractivity contribution is 0.0961. The Morgan fingerprint density at radius 3 is 2.76 bits per heavy atom. The molecule has 2 aromatic rings. The molecule has 4 nitrogen and oxygen atoms in total. The van der Waals surface area contributed by atoms with E-state index in [0.29, 0.717) is 18.0 Å². The number of rotatable bonds is 6. The van der Waals surface area contributed by atoms with Gasteiger partial charge in [0.2, 0.25) is 0 Å². The van der Waals surface area contributed by atoms with Crippen LogP contribution < -0.4 is 10.1 Å². The summed E-state index contributed by atoms with van der Waals surface area (Å²) in [6, 6.07) is 7.84. The number of nitrogens with one attached hydrogen (secondary N) is 1. The van der Waals surface area contributed by atoms with Crippen molar-refractivity contribution in [2.45, 2.75) is 20.5 Å². The van der Waals surface area contributed by atoms with Crippen molar-refractivity contribution in [3.05, 3.63) is 58.1 Å². The number of ether oxygens (including phenoxy) is 1. The Labute approximate surface area is 128 Å². The Hall–Kier alpha value is -2.14. The first-order chi connectivity index (χ1) is 10.1. The van der Waals surface area contributed by atoms with Gasteiger partial charge in [-0.05, 0) is 26.0 Å². The van der Waals surface area contributed by atoms with E-state index < -0.39 is 0 Å². The topological polar surface area (TPSA) is 51.2 Å². The summed E-state index contributed by atoms with van der Waals surface area (Å²) in [5.74, 6) is 0.678. The van der Waals surface area contributed by atoms with Gasteiger partial charge in [0.15, 0.2) is 0 Å². The quantitative estimate of drug-likeness (QED) is 0.833. The SMILES string of the molecule is C=CCNC(=O)c1sc(COc2ccc(C)cc2)nc1C. The number of aromatic nitrogens is 1. The number of hydrogen-bond donors (Lipinski definition) is 1. The van der Waals surface area contributed by atoms with Crippen molar-refractivity contribution >= 4 is 17.2 Å². The highest BCUT2D eigenvalue weighted by molar-refractivity contribution is 7.13. The molecule has 21 heavy (non-hydrogen) atoms. The number of benzene rings is 1. The van der Waals surface area contributed by atoms with Crippen molar-refractivity contribution < 1.29 is 9.53 Å². The van der Waals surface area contributed by atoms with Crippen molar-refractivity contribution in [1.82, 2.24) is 10.3 Å². The Balaban J connectivity index is 1.99. The highest BCUT2D eigenvalue weighted by Gasteiger charge is 2.14. The van der Waals surface area contributed by atoms with Crippen molar-refractivity contribution in [1.29, 1.82) is 0 Å². The number of carbonyl (C=O) groups is 1. The Bertz CT molecular complexity index is 632. The Morgan fingerprint density at radius 2 is 2.10 bits per heavy atom. The second kappa shape index (κ2) is 7.04. The summed E-state index contributed by atoms with van der Waals surface area (Å²) in [6.45, 7) is 8.25. The van der Waals surface area contributed by atoms with E-state index in [1.807, 2.05) is 38.1 Å². The summed E-state index contributed by atoms with van der Waals surface area (Å²) >= 11 is 1.36. The van der Waals surface area contributed by atoms with E-state index in [1.54, 1.807) is 6.08 Å². The normalized spacial score (nSPS) is 10.2. The summed E-state index contributed by atoms with van der Waals surface area (Å²) in [5.41, 5.74) is 1.91. The molecule has 5 heteroatoms. The van der Waals surface area contributed by atoms with Gasteiger partial charge in [-0.3, -0.25) is 4.79 Å². The van der Waals surface area contributed by atoms with Crippen LogP contribution in [0.2, 0.25) is 0 Å². The molecule has 110 valence electrons. The lowest BCUT2D eigenvalue weighted by Crippen LogP contribution is -2.22. The van der Waals surface area contributed by atoms with E-state index in [0.717, 1.165) is 16.5 Å². The molecule has 1 heterocycles. The molecule has 0 atom stereocenters. The molecular weight excluding hydrogens is 284 g/mol. The third-order valence-corrected chi connectivity index (χ3v) is 3.97. The van der Waals surface area contributed by atoms with Crippen molar-refractivity contribution in [2.75, 3.05) is 6.54 Å². The zero-order valence-corrected chi connectivity index (χ0v) is 13.0. The molecule has 0 unspecified atom stereocenters. The van der Waals surface area contributed by atoms with Gasteiger partial charge in [0.05, 0.1) is 5.69 Å². The maximum absolute atomic E-state index is 11.9. The Morgan fingerprint density at radius 1 is 1.38 bits per heavy atom. The molecule has 0 aliphatic rings. The van der Waals surface area contributed by atoms with Gasteiger partial charge in [0, 0.05) is 6.54 Å². The number of amides is 1. The minimum atomic E-state index is -0.119. The molecule has 0 saturated heterocycles. The fraction of sp³-hybridized carbons (Fsp3) is 0.250. The minimum Gasteiger partial charge on any atom is -0.486 e. The lowest BCUT2D eigenvalue weighted by atomic mass is 10.2. The third-order valence-electron chi connectivity index (χ3n) is 2.84. The van der Waals surface area contributed by atoms with E-state index in [1.165, 1.54) is 16.9 Å². The molecule has 0 spiro atoms. The highest BCUT2D eigenvalue weighted by atomic mass is 32.1. The third kappa shape index (κ3) is 4.16. The molecule has 0 aliphatic carbocycles. The number of nitrogens with zero attached hydrogens (tertiary/aromatic N) is 1. The van der Waals surface area contributed by atoms with Gasteiger partial charge in [0.1, 0.15) is 22.2 Å². The average molecular weight is 302 g/mol. The summed E-state index contributed by atoms with van der Waals surface area (Å²) in [7, 11) is 0. The number of carbonyl (C=O) groups excluding carboxylic acids is 1. The second-order valence-corrected chi connectivity index (χ2v) is 5.71. The maximum Gasteiger partial charge on any atom is 0.263 e. The van der Waals surface area contributed by atoms with Crippen LogP contribution in [0.25, 0.3) is 0 Å². The molecule has 1 N–H and O–H groups in total. The number of thiazole rings is 1. The van der Waals surface area contributed by atoms with Crippen LogP contribution in [0.1, 0.15) is 25.9 Å². The van der Waals surface area contributed by atoms with Crippen LogP contribution in [-0.4, -0.2) is 17.4 Å². The number of aryl methyl sites for hydroxylation is 2. The van der Waals surface area contributed by atoms with E-state index in [2.05, 4.69) is 16.9 Å². The molecule has 0 radical (unpaired) electrons. The maximum atomic E-state index is 11.9. The zero-order valence-electron chi connectivity index (χ0n) is 12.2. The highest BCUT2D eigenvalue weighted by Crippen LogP contribution is 2.20. The van der Waals surface area contributed by atoms with Crippen LogP contribution in [0, 0.1) is 13.8 Å². The van der Waals surface area contributed by atoms with Crippen molar-refractivity contribution in [3.8, 4) is 5.75 Å². The first-order valence-electron chi connectivity index (χ1n) is 6.65. The molecule has 1 aromatic carbocycles. The standard InChI is InChI=1S/C16H18N2O2S/c1-4-9-17-16(19)15-12(3)18-14(21-15)10-20-13-7-5-11(2)6-8-13/h4-8H,1,9-10H2,2-3H3,(H,17,19). The summed E-state index contributed by atoms with van der Waals surface area (Å²) in [4.78, 5) is 16.9. The van der Waals surface area contributed by atoms with Gasteiger partial charge in [-0.1, -0.05) is 23.8 Å². The molecule has 0 fully saturated rings. The smallest absolute Gasteiger partial charge is 0.263 e. The van der Waals surface area contributed by atoms with Gasteiger partial charge >= 0.3 is 0 Å². The van der Waals surface area contributed by atoms with Crippen LogP contribution in [-0.2, 0) is 6.61 Å². The monoisotopic (exact) mass is 302 g/mol. The summed E-state index contributed by atoms with van der Waals surface area (Å²) in [6.07, 6.45) is 1.65. The first kappa shape index (κ1) is 15.3. The zero-order chi connectivity index (χ0) is 15.2. The fourth-order valence-electron chi connectivity index (χ4n) is 1.75. The minimum absolute atomic E-state index is 0.119. The van der Waals surface area contributed by atoms with E-state index in [4.69, 9.17) is 4.74 Å². The summed E-state index contributed by atoms with van der Waals surface area (Å²) in [5, 5.41) is 3.54. The first-order valence-corrected chi connectivity index (χ1v) is 7.46. The van der Waals surface area contributed by atoms with Gasteiger partial charge in [-0.2, -0.15) is 0 Å². The van der Waals surface area contributed by atoms with Gasteiger partial charge in [0.25, 0.3) is 5.91 Å². The molecule has 0 saturated carbocycles. The largest absolute Gasteiger partial charge is 0.486 e. The molecule has 0 bridgehead atoms. The summed E-state index contributed by atoms with van der Waals surface area (Å²) < 4.78 is 5.68. The Kier molecular flexibility index (Phi) is 5.11. The molecule has 1 amide bonds. The van der Waals surface area contributed by atoms with Crippen molar-refractivity contribution in [3.63, 3.8) is 0 Å². The molecule has 1 aromatic heterocycles. The van der Waals surface area contributed by atoms with Crippen LogP contribution in [0.15, 0.2) is 36.9 Å². The average Bonchev–Trinajstić information content (AvgIpc) is 2.85. The predicted octanol–water partition coefficient (Wildman–Crippen LogP) is 3.25. The molecule has 0 aliphatic heterocycles. The van der Waals surface area contributed by atoms with E-state index in [-0.39, 0.29) is 5.91 Å². The van der Waals surface area contributed by atoms with Crippen molar-refractivity contribution in [2.24, 2.45) is 0 Å². The molecular formula is C16H18N2O2S. The van der Waals surface area contributed by atoms with Crippen LogP contribution in [0.5, 0.6) is 5.75 Å². The predicted molar refractivity (Wildman–Crippen MR) is 84.9 cm³/mol. The fourth-order valence-corrected chi connectivity index (χ4v) is 2.64. The van der Waals surface area contributed by atoms with Crippen LogP contribution >= 0.6 is 11.3 Å². The second-order valence-electron chi connectivity index (χ2n) is 4.62. The lowest BCUT2D eigenvalue weighted by Gasteiger charge is -2.03. The van der Waals surface area contributed by atoms with Crippen LogP contribution in [0.4, 0.5) is 0 Å². The molecule has 2 rings (SSSR count). The van der Waals surface area contributed by atoms with E-state index >= 15 is 0 Å².